The van der Waals surface area contributed by atoms with Crippen molar-refractivity contribution in [3.63, 3.8) is 0 Å². The monoisotopic (exact) mass is 565 g/mol. The maximum atomic E-state index is 5.27. The fourth-order valence-corrected chi connectivity index (χ4v) is 10.6. The van der Waals surface area contributed by atoms with Gasteiger partial charge in [0, 0.05) is 0 Å². The van der Waals surface area contributed by atoms with Crippen LogP contribution in [-0.2, 0) is 0 Å². The molecule has 3 aromatic heterocycles. The van der Waals surface area contributed by atoms with Gasteiger partial charge in [-0.1, -0.05) is 0 Å². The second-order valence-electron chi connectivity index (χ2n) is 8.48. The van der Waals surface area contributed by atoms with Crippen LogP contribution in [0.3, 0.4) is 0 Å². The SMILES string of the molecule is C(c1cc(-c2cccs2)cc(-c2ccc[se]2)n1)=P(c1ccccc1)(c1ccccc1)c1ccccc1. The van der Waals surface area contributed by atoms with Gasteiger partial charge in [-0.2, -0.15) is 0 Å². The molecule has 174 valence electrons. The predicted octanol–water partition coefficient (Wildman–Crippen LogP) is 6.68. The fraction of sp³-hybridized carbons (Fsp3) is 0. The molecule has 3 heterocycles. The van der Waals surface area contributed by atoms with Gasteiger partial charge < -0.3 is 0 Å². The van der Waals surface area contributed by atoms with Crippen LogP contribution < -0.4 is 15.9 Å². The van der Waals surface area contributed by atoms with Crippen molar-refractivity contribution in [2.24, 2.45) is 0 Å². The maximum absolute atomic E-state index is 5.27. The van der Waals surface area contributed by atoms with E-state index in [1.165, 1.54) is 30.8 Å². The summed E-state index contributed by atoms with van der Waals surface area (Å²) >= 11 is 2.10. The van der Waals surface area contributed by atoms with Crippen molar-refractivity contribution in [1.82, 2.24) is 4.98 Å². The summed E-state index contributed by atoms with van der Waals surface area (Å²) in [5.74, 6) is 2.48. The van der Waals surface area contributed by atoms with E-state index in [1.807, 2.05) is 0 Å². The second kappa shape index (κ2) is 10.4. The summed E-state index contributed by atoms with van der Waals surface area (Å²) in [6.07, 6.45) is 0. The van der Waals surface area contributed by atoms with Gasteiger partial charge in [0.2, 0.25) is 0 Å². The molecule has 4 heteroatoms. The van der Waals surface area contributed by atoms with Crippen molar-refractivity contribution in [1.29, 1.82) is 0 Å². The zero-order chi connectivity index (χ0) is 24.2. The normalized spacial score (nSPS) is 11.3. The minimum atomic E-state index is -2.14. The molecule has 36 heavy (non-hydrogen) atoms. The average molecular weight is 565 g/mol. The Morgan fingerprint density at radius 2 is 1.25 bits per heavy atom. The molecule has 0 radical (unpaired) electrons. The Labute approximate surface area is 222 Å². The van der Waals surface area contributed by atoms with Gasteiger partial charge in [0.15, 0.2) is 0 Å². The van der Waals surface area contributed by atoms with Gasteiger partial charge >= 0.3 is 223 Å². The predicted molar refractivity (Wildman–Crippen MR) is 160 cm³/mol. The summed E-state index contributed by atoms with van der Waals surface area (Å²) in [4.78, 5) is 8.81. The third-order valence-electron chi connectivity index (χ3n) is 6.24. The Morgan fingerprint density at radius 1 is 0.639 bits per heavy atom. The Bertz CT molecular complexity index is 1450. The molecule has 0 saturated heterocycles. The van der Waals surface area contributed by atoms with E-state index in [9.17, 15) is 0 Å². The van der Waals surface area contributed by atoms with E-state index in [4.69, 9.17) is 4.98 Å². The van der Waals surface area contributed by atoms with E-state index in [0.29, 0.717) is 14.5 Å². The Morgan fingerprint density at radius 3 is 1.75 bits per heavy atom. The number of nitrogens with zero attached hydrogens (tertiary/aromatic N) is 1. The van der Waals surface area contributed by atoms with Crippen LogP contribution in [0.2, 0.25) is 0 Å². The molecule has 0 saturated carbocycles. The zero-order valence-corrected chi connectivity index (χ0v) is 23.0. The first-order valence-corrected chi connectivity index (χ1v) is 16.4. The summed E-state index contributed by atoms with van der Waals surface area (Å²) in [5.41, 5.74) is 3.35. The Balaban J connectivity index is 1.70. The van der Waals surface area contributed by atoms with E-state index in [2.05, 4.69) is 144 Å². The van der Waals surface area contributed by atoms with Gasteiger partial charge in [0.05, 0.1) is 0 Å². The molecule has 0 aliphatic carbocycles. The number of hydrogen-bond acceptors (Lipinski definition) is 2. The Kier molecular flexibility index (Phi) is 6.73. The van der Waals surface area contributed by atoms with Crippen molar-refractivity contribution in [3.8, 4) is 20.6 Å². The van der Waals surface area contributed by atoms with Gasteiger partial charge in [-0.3, -0.25) is 0 Å². The summed E-state index contributed by atoms with van der Waals surface area (Å²) in [5, 5.41) is 6.14. The minimum absolute atomic E-state index is 0.322. The van der Waals surface area contributed by atoms with Crippen LogP contribution in [0, 0.1) is 0 Å². The van der Waals surface area contributed by atoms with Crippen molar-refractivity contribution >= 4 is 54.4 Å². The number of aromatic nitrogens is 1. The zero-order valence-electron chi connectivity index (χ0n) is 19.6. The Hall–Kier alpha value is -3.19. The third-order valence-corrected chi connectivity index (χ3v) is 13.0. The molecule has 0 N–H and O–H groups in total. The molecule has 6 rings (SSSR count). The molecule has 0 unspecified atom stereocenters. The van der Waals surface area contributed by atoms with Gasteiger partial charge in [-0.25, -0.2) is 0 Å². The third kappa shape index (κ3) is 4.52. The molecule has 0 amide bonds. The fourth-order valence-electron chi connectivity index (χ4n) is 4.61. The molecule has 3 aromatic carbocycles. The number of benzene rings is 3. The molecular formula is C32H24NPSSe. The van der Waals surface area contributed by atoms with Crippen molar-refractivity contribution in [2.45, 2.75) is 0 Å². The standard InChI is InChI=1S/C32H24NPSSe/c1-4-12-27(13-5-1)34(28-14-6-2-7-15-28,29-16-8-3-9-17-29)24-26-22-25(31-18-10-20-35-31)23-30(33-26)32-19-11-21-36-32/h1-24H. The van der Waals surface area contributed by atoms with Crippen molar-refractivity contribution in [3.05, 3.63) is 143 Å². The first kappa shape index (κ1) is 23.2. The number of pyridine rings is 1. The van der Waals surface area contributed by atoms with Crippen LogP contribution in [0.1, 0.15) is 5.69 Å². The van der Waals surface area contributed by atoms with Crippen LogP contribution >= 0.6 is 18.2 Å². The number of hydrogen-bond donors (Lipinski definition) is 0. The van der Waals surface area contributed by atoms with Crippen LogP contribution in [0.15, 0.2) is 138 Å². The topological polar surface area (TPSA) is 12.9 Å². The van der Waals surface area contributed by atoms with E-state index in [1.54, 1.807) is 11.3 Å². The van der Waals surface area contributed by atoms with Crippen LogP contribution in [0.5, 0.6) is 0 Å². The van der Waals surface area contributed by atoms with Crippen molar-refractivity contribution in [2.75, 3.05) is 0 Å². The van der Waals surface area contributed by atoms with E-state index >= 15 is 0 Å². The summed E-state index contributed by atoms with van der Waals surface area (Å²) in [6.45, 7) is -2.14. The first-order chi connectivity index (χ1) is 17.8. The van der Waals surface area contributed by atoms with Gasteiger partial charge in [-0.15, -0.1) is 0 Å². The van der Waals surface area contributed by atoms with Crippen LogP contribution in [0.4, 0.5) is 0 Å². The molecule has 6 aromatic rings. The number of thiophene rings is 1. The summed E-state index contributed by atoms with van der Waals surface area (Å²) in [7, 11) is 0. The molecule has 0 fully saturated rings. The van der Waals surface area contributed by atoms with E-state index < -0.39 is 6.89 Å². The molecule has 1 nitrogen and oxygen atoms in total. The van der Waals surface area contributed by atoms with Crippen LogP contribution in [-0.4, -0.2) is 25.3 Å². The molecule has 0 atom stereocenters. The molecular weight excluding hydrogens is 540 g/mol. The molecule has 0 aliphatic rings. The summed E-state index contributed by atoms with van der Waals surface area (Å²) < 4.78 is 1.33. The molecule has 0 spiro atoms. The molecule has 0 aliphatic heterocycles. The van der Waals surface area contributed by atoms with Gasteiger partial charge in [0.1, 0.15) is 0 Å². The van der Waals surface area contributed by atoms with E-state index in [0.717, 1.165) is 11.4 Å². The van der Waals surface area contributed by atoms with Gasteiger partial charge in [-0.05, 0) is 0 Å². The first-order valence-electron chi connectivity index (χ1n) is 11.8. The van der Waals surface area contributed by atoms with Crippen molar-refractivity contribution < 1.29 is 0 Å². The molecule has 0 bridgehead atoms. The summed E-state index contributed by atoms with van der Waals surface area (Å²) in [6, 6.07) is 46.1. The average Bonchev–Trinajstić information content (AvgIpc) is 3.69. The van der Waals surface area contributed by atoms with E-state index in [-0.39, 0.29) is 0 Å². The second-order valence-corrected chi connectivity index (χ2v) is 14.7. The number of rotatable bonds is 6. The quantitative estimate of drug-likeness (QED) is 0.163. The van der Waals surface area contributed by atoms with Gasteiger partial charge in [0.25, 0.3) is 0 Å². The van der Waals surface area contributed by atoms with Crippen LogP contribution in [0.25, 0.3) is 20.6 Å².